The summed E-state index contributed by atoms with van der Waals surface area (Å²) in [5, 5.41) is -0.968. The van der Waals surface area contributed by atoms with E-state index < -0.39 is 43.7 Å². The fourth-order valence-corrected chi connectivity index (χ4v) is 6.07. The summed E-state index contributed by atoms with van der Waals surface area (Å²) >= 11 is 0. The average molecular weight is 314 g/mol. The molecule has 2 aliphatic heterocycles. The van der Waals surface area contributed by atoms with Gasteiger partial charge in [0.05, 0.1) is 16.1 Å². The first-order valence-corrected chi connectivity index (χ1v) is 8.72. The summed E-state index contributed by atoms with van der Waals surface area (Å²) in [4.78, 5) is 12.4. The smallest absolute Gasteiger partial charge is 0.168 e. The van der Waals surface area contributed by atoms with E-state index >= 15 is 0 Å². The lowest BCUT2D eigenvalue weighted by Gasteiger charge is -2.38. The SMILES string of the molecule is O=C(c1ccc(F)cc1F)C1CC2CCCC(C1)S2(=O)=O. The Labute approximate surface area is 122 Å². The number of sulfone groups is 1. The maximum absolute atomic E-state index is 13.7. The normalized spacial score (nSPS) is 30.9. The molecule has 2 aliphatic rings. The molecule has 0 spiro atoms. The molecule has 2 atom stereocenters. The third-order valence-electron chi connectivity index (χ3n) is 4.64. The van der Waals surface area contributed by atoms with Crippen molar-refractivity contribution in [2.45, 2.75) is 42.6 Å². The average Bonchev–Trinajstić information content (AvgIpc) is 2.36. The first kappa shape index (κ1) is 14.6. The number of carbonyl (C=O) groups excluding carboxylic acids is 1. The molecule has 3 rings (SSSR count). The Morgan fingerprint density at radius 3 is 2.29 bits per heavy atom. The van der Waals surface area contributed by atoms with Crippen molar-refractivity contribution < 1.29 is 22.0 Å². The molecule has 1 aromatic rings. The van der Waals surface area contributed by atoms with Crippen LogP contribution in [0.3, 0.4) is 0 Å². The Morgan fingerprint density at radius 1 is 1.10 bits per heavy atom. The molecule has 0 saturated carbocycles. The molecule has 0 N–H and O–H groups in total. The van der Waals surface area contributed by atoms with Crippen molar-refractivity contribution in [3.8, 4) is 0 Å². The highest BCUT2D eigenvalue weighted by atomic mass is 32.2. The second-order valence-electron chi connectivity index (χ2n) is 5.92. The largest absolute Gasteiger partial charge is 0.294 e. The fourth-order valence-electron chi connectivity index (χ4n) is 3.53. The van der Waals surface area contributed by atoms with Gasteiger partial charge < -0.3 is 0 Å². The zero-order valence-corrected chi connectivity index (χ0v) is 12.2. The molecule has 2 bridgehead atoms. The Balaban J connectivity index is 1.87. The van der Waals surface area contributed by atoms with Gasteiger partial charge in [-0.1, -0.05) is 6.42 Å². The Hall–Kier alpha value is -1.30. The third-order valence-corrected chi connectivity index (χ3v) is 7.36. The molecule has 3 nitrogen and oxygen atoms in total. The molecular weight excluding hydrogens is 298 g/mol. The first-order valence-electron chi connectivity index (χ1n) is 7.11. The molecule has 2 fully saturated rings. The number of Topliss-reactive ketones (excluding diaryl/α,β-unsaturated/α-hetero) is 1. The quantitative estimate of drug-likeness (QED) is 0.789. The van der Waals surface area contributed by atoms with Gasteiger partial charge in [0, 0.05) is 12.0 Å². The van der Waals surface area contributed by atoms with Gasteiger partial charge in [-0.15, -0.1) is 0 Å². The van der Waals surface area contributed by atoms with E-state index in [2.05, 4.69) is 0 Å². The van der Waals surface area contributed by atoms with E-state index in [0.29, 0.717) is 18.9 Å². The molecule has 2 heterocycles. The van der Waals surface area contributed by atoms with Crippen LogP contribution in [0.5, 0.6) is 0 Å². The second kappa shape index (κ2) is 5.16. The summed E-state index contributed by atoms with van der Waals surface area (Å²) in [5.74, 6) is -2.49. The van der Waals surface area contributed by atoms with Crippen molar-refractivity contribution >= 4 is 15.6 Å². The number of benzene rings is 1. The van der Waals surface area contributed by atoms with E-state index in [1.165, 1.54) is 0 Å². The highest BCUT2D eigenvalue weighted by Crippen LogP contribution is 2.40. The summed E-state index contributed by atoms with van der Waals surface area (Å²) in [7, 11) is -3.14. The van der Waals surface area contributed by atoms with Crippen molar-refractivity contribution in [3.63, 3.8) is 0 Å². The van der Waals surface area contributed by atoms with E-state index in [1.807, 2.05) is 0 Å². The summed E-state index contributed by atoms with van der Waals surface area (Å²) in [5.41, 5.74) is -0.140. The molecule has 0 amide bonds. The van der Waals surface area contributed by atoms with Gasteiger partial charge in [0.15, 0.2) is 15.6 Å². The van der Waals surface area contributed by atoms with Crippen LogP contribution in [0.1, 0.15) is 42.5 Å². The molecule has 0 aliphatic carbocycles. The number of ketones is 1. The minimum absolute atomic E-state index is 0.140. The van der Waals surface area contributed by atoms with E-state index in [4.69, 9.17) is 0 Å². The van der Waals surface area contributed by atoms with E-state index in [1.54, 1.807) is 0 Å². The monoisotopic (exact) mass is 314 g/mol. The lowest BCUT2D eigenvalue weighted by molar-refractivity contribution is 0.0889. The van der Waals surface area contributed by atoms with Crippen LogP contribution in [0.2, 0.25) is 0 Å². The summed E-state index contributed by atoms with van der Waals surface area (Å²) in [6.45, 7) is 0. The molecule has 21 heavy (non-hydrogen) atoms. The second-order valence-corrected chi connectivity index (χ2v) is 8.43. The summed E-state index contributed by atoms with van der Waals surface area (Å²) in [6.07, 6.45) is 2.53. The highest BCUT2D eigenvalue weighted by Gasteiger charge is 2.46. The maximum atomic E-state index is 13.7. The van der Waals surface area contributed by atoms with Gasteiger partial charge in [-0.2, -0.15) is 0 Å². The Kier molecular flexibility index (Phi) is 3.59. The van der Waals surface area contributed by atoms with Gasteiger partial charge >= 0.3 is 0 Å². The molecule has 2 saturated heterocycles. The van der Waals surface area contributed by atoms with Crippen LogP contribution < -0.4 is 0 Å². The molecule has 0 aromatic heterocycles. The van der Waals surface area contributed by atoms with Crippen molar-refractivity contribution in [2.24, 2.45) is 5.92 Å². The Bertz CT molecular complexity index is 664. The molecule has 6 heteroatoms. The zero-order valence-electron chi connectivity index (χ0n) is 11.4. The number of hydrogen-bond acceptors (Lipinski definition) is 3. The van der Waals surface area contributed by atoms with Gasteiger partial charge in [-0.3, -0.25) is 4.79 Å². The van der Waals surface area contributed by atoms with Crippen molar-refractivity contribution in [2.75, 3.05) is 0 Å². The van der Waals surface area contributed by atoms with Gasteiger partial charge in [0.2, 0.25) is 0 Å². The predicted octanol–water partition coefficient (Wildman–Crippen LogP) is 2.89. The van der Waals surface area contributed by atoms with Gasteiger partial charge in [0.25, 0.3) is 0 Å². The molecule has 1 aromatic carbocycles. The van der Waals surface area contributed by atoms with Crippen LogP contribution in [-0.2, 0) is 9.84 Å². The number of fused-ring (bicyclic) bond motifs is 2. The molecule has 2 unspecified atom stereocenters. The van der Waals surface area contributed by atoms with Crippen LogP contribution in [0, 0.1) is 17.6 Å². The lowest BCUT2D eigenvalue weighted by Crippen LogP contribution is -2.45. The van der Waals surface area contributed by atoms with Crippen LogP contribution in [0.4, 0.5) is 8.78 Å². The zero-order chi connectivity index (χ0) is 15.2. The van der Waals surface area contributed by atoms with Crippen LogP contribution in [0.15, 0.2) is 18.2 Å². The van der Waals surface area contributed by atoms with Crippen LogP contribution >= 0.6 is 0 Å². The summed E-state index contributed by atoms with van der Waals surface area (Å²) in [6, 6.07) is 2.89. The standard InChI is InChI=1S/C15H16F2O3S/c16-10-4-5-13(14(17)8-10)15(18)9-6-11-2-1-3-12(7-9)21(11,19)20/h4-5,8-9,11-12H,1-3,6-7H2. The molecule has 0 radical (unpaired) electrons. The number of carbonyl (C=O) groups is 1. The van der Waals surface area contributed by atoms with Crippen molar-refractivity contribution in [1.82, 2.24) is 0 Å². The van der Waals surface area contributed by atoms with Crippen molar-refractivity contribution in [1.29, 1.82) is 0 Å². The minimum Gasteiger partial charge on any atom is -0.294 e. The first-order chi connectivity index (χ1) is 9.89. The number of hydrogen-bond donors (Lipinski definition) is 0. The number of halogens is 2. The molecule has 114 valence electrons. The van der Waals surface area contributed by atoms with Crippen molar-refractivity contribution in [3.05, 3.63) is 35.4 Å². The van der Waals surface area contributed by atoms with Gasteiger partial charge in [-0.05, 0) is 37.8 Å². The summed E-state index contributed by atoms with van der Waals surface area (Å²) < 4.78 is 51.0. The van der Waals surface area contributed by atoms with E-state index in [0.717, 1.165) is 18.6 Å². The predicted molar refractivity (Wildman–Crippen MR) is 73.8 cm³/mol. The Morgan fingerprint density at radius 2 is 1.71 bits per heavy atom. The van der Waals surface area contributed by atoms with Gasteiger partial charge in [0.1, 0.15) is 11.6 Å². The van der Waals surface area contributed by atoms with Crippen LogP contribution in [-0.4, -0.2) is 24.7 Å². The van der Waals surface area contributed by atoms with Crippen LogP contribution in [0.25, 0.3) is 0 Å². The van der Waals surface area contributed by atoms with E-state index in [-0.39, 0.29) is 18.4 Å². The third kappa shape index (κ3) is 2.50. The molecular formula is C15H16F2O3S. The highest BCUT2D eigenvalue weighted by molar-refractivity contribution is 7.92. The maximum Gasteiger partial charge on any atom is 0.168 e. The topological polar surface area (TPSA) is 51.2 Å². The van der Waals surface area contributed by atoms with Gasteiger partial charge in [-0.25, -0.2) is 17.2 Å². The lowest BCUT2D eigenvalue weighted by atomic mass is 9.84. The fraction of sp³-hybridized carbons (Fsp3) is 0.533. The minimum atomic E-state index is -3.14. The van der Waals surface area contributed by atoms with E-state index in [9.17, 15) is 22.0 Å². The number of rotatable bonds is 2.